The van der Waals surface area contributed by atoms with E-state index in [1.54, 1.807) is 7.11 Å². The zero-order valence-electron chi connectivity index (χ0n) is 16.5. The van der Waals surface area contributed by atoms with Crippen LogP contribution in [0.4, 0.5) is 5.69 Å². The Bertz CT molecular complexity index is 726. The Morgan fingerprint density at radius 1 is 1.07 bits per heavy atom. The SMILES string of the molecule is CCNC(=NCc1ccccc1CO)Nc1cccc(OCCCOC)c1.I. The summed E-state index contributed by atoms with van der Waals surface area (Å²) >= 11 is 0. The van der Waals surface area contributed by atoms with Crippen molar-refractivity contribution >= 4 is 35.6 Å². The van der Waals surface area contributed by atoms with E-state index in [-0.39, 0.29) is 30.6 Å². The molecule has 0 amide bonds. The second-order valence-corrected chi connectivity index (χ2v) is 5.97. The molecule has 2 rings (SSSR count). The van der Waals surface area contributed by atoms with Gasteiger partial charge in [0.15, 0.2) is 5.96 Å². The van der Waals surface area contributed by atoms with Crippen LogP contribution >= 0.6 is 24.0 Å². The van der Waals surface area contributed by atoms with Gasteiger partial charge in [0.05, 0.1) is 19.8 Å². The van der Waals surface area contributed by atoms with Gasteiger partial charge in [-0.3, -0.25) is 0 Å². The molecule has 0 spiro atoms. The topological polar surface area (TPSA) is 75.1 Å². The summed E-state index contributed by atoms with van der Waals surface area (Å²) in [6, 6.07) is 15.5. The normalized spacial score (nSPS) is 10.9. The van der Waals surface area contributed by atoms with Gasteiger partial charge in [-0.25, -0.2) is 4.99 Å². The van der Waals surface area contributed by atoms with Crippen molar-refractivity contribution < 1.29 is 14.6 Å². The van der Waals surface area contributed by atoms with E-state index < -0.39 is 0 Å². The van der Waals surface area contributed by atoms with Gasteiger partial charge in [0.25, 0.3) is 0 Å². The summed E-state index contributed by atoms with van der Waals surface area (Å²) in [7, 11) is 1.69. The molecule has 2 aromatic rings. The minimum Gasteiger partial charge on any atom is -0.493 e. The largest absolute Gasteiger partial charge is 0.493 e. The predicted molar refractivity (Wildman–Crippen MR) is 125 cm³/mol. The highest BCUT2D eigenvalue weighted by molar-refractivity contribution is 14.0. The fourth-order valence-electron chi connectivity index (χ4n) is 2.53. The van der Waals surface area contributed by atoms with Crippen LogP contribution in [0.25, 0.3) is 0 Å². The number of hydrogen-bond donors (Lipinski definition) is 3. The highest BCUT2D eigenvalue weighted by Crippen LogP contribution is 2.18. The molecule has 0 unspecified atom stereocenters. The third-order valence-electron chi connectivity index (χ3n) is 3.90. The number of methoxy groups -OCH3 is 1. The molecule has 2 aromatic carbocycles. The lowest BCUT2D eigenvalue weighted by Gasteiger charge is -2.13. The highest BCUT2D eigenvalue weighted by atomic mass is 127. The van der Waals surface area contributed by atoms with Crippen molar-refractivity contribution in [3.8, 4) is 5.75 Å². The van der Waals surface area contributed by atoms with Gasteiger partial charge in [0.2, 0.25) is 0 Å². The van der Waals surface area contributed by atoms with Crippen LogP contribution < -0.4 is 15.4 Å². The second kappa shape index (κ2) is 14.2. The maximum absolute atomic E-state index is 9.46. The number of halogens is 1. The van der Waals surface area contributed by atoms with Gasteiger partial charge in [0, 0.05) is 38.4 Å². The van der Waals surface area contributed by atoms with E-state index in [0.717, 1.165) is 35.5 Å². The first-order valence-corrected chi connectivity index (χ1v) is 9.21. The van der Waals surface area contributed by atoms with Crippen molar-refractivity contribution in [1.82, 2.24) is 5.32 Å². The lowest BCUT2D eigenvalue weighted by Crippen LogP contribution is -2.30. The zero-order valence-corrected chi connectivity index (χ0v) is 18.8. The predicted octanol–water partition coefficient (Wildman–Crippen LogP) is 3.79. The number of aliphatic hydroxyl groups excluding tert-OH is 1. The smallest absolute Gasteiger partial charge is 0.196 e. The maximum Gasteiger partial charge on any atom is 0.196 e. The van der Waals surface area contributed by atoms with E-state index in [0.29, 0.717) is 25.7 Å². The third-order valence-corrected chi connectivity index (χ3v) is 3.90. The molecule has 0 aliphatic rings. The van der Waals surface area contributed by atoms with Crippen LogP contribution in [0, 0.1) is 0 Å². The van der Waals surface area contributed by atoms with Gasteiger partial charge in [-0.1, -0.05) is 30.3 Å². The Morgan fingerprint density at radius 2 is 1.86 bits per heavy atom. The summed E-state index contributed by atoms with van der Waals surface area (Å²) in [5.41, 5.74) is 2.80. The quantitative estimate of drug-likeness (QED) is 0.201. The minimum atomic E-state index is 0. The molecule has 28 heavy (non-hydrogen) atoms. The van der Waals surface area contributed by atoms with Crippen molar-refractivity contribution in [3.05, 3.63) is 59.7 Å². The van der Waals surface area contributed by atoms with Crippen molar-refractivity contribution in [1.29, 1.82) is 0 Å². The summed E-state index contributed by atoms with van der Waals surface area (Å²) in [5, 5.41) is 16.0. The summed E-state index contributed by atoms with van der Waals surface area (Å²) in [4.78, 5) is 4.63. The molecular weight excluding hydrogens is 469 g/mol. The molecule has 0 heterocycles. The first-order valence-electron chi connectivity index (χ1n) is 9.21. The standard InChI is InChI=1S/C21H29N3O3.HI/c1-3-22-21(23-15-17-8-4-5-9-18(17)16-25)24-19-10-6-11-20(14-19)27-13-7-12-26-2;/h4-6,8-11,14,25H,3,7,12-13,15-16H2,1-2H3,(H2,22,23,24);1H. The van der Waals surface area contributed by atoms with E-state index in [1.165, 1.54) is 0 Å². The Kier molecular flexibility index (Phi) is 12.3. The van der Waals surface area contributed by atoms with Crippen LogP contribution in [-0.4, -0.2) is 37.9 Å². The summed E-state index contributed by atoms with van der Waals surface area (Å²) in [6.07, 6.45) is 0.850. The summed E-state index contributed by atoms with van der Waals surface area (Å²) in [5.74, 6) is 1.49. The molecule has 0 bridgehead atoms. The van der Waals surface area contributed by atoms with Crippen LogP contribution in [0.2, 0.25) is 0 Å². The number of nitrogens with one attached hydrogen (secondary N) is 2. The van der Waals surface area contributed by atoms with Crippen molar-refractivity contribution in [2.75, 3.05) is 32.2 Å². The number of anilines is 1. The van der Waals surface area contributed by atoms with E-state index >= 15 is 0 Å². The number of nitrogens with zero attached hydrogens (tertiary/aromatic N) is 1. The van der Waals surface area contributed by atoms with Crippen LogP contribution in [-0.2, 0) is 17.9 Å². The van der Waals surface area contributed by atoms with E-state index in [4.69, 9.17) is 9.47 Å². The number of guanidine groups is 1. The van der Waals surface area contributed by atoms with E-state index in [1.807, 2.05) is 55.5 Å². The fraction of sp³-hybridized carbons (Fsp3) is 0.381. The molecule has 6 nitrogen and oxygen atoms in total. The zero-order chi connectivity index (χ0) is 19.3. The molecule has 0 saturated heterocycles. The van der Waals surface area contributed by atoms with Gasteiger partial charge < -0.3 is 25.2 Å². The Balaban J connectivity index is 0.00000392. The van der Waals surface area contributed by atoms with E-state index in [9.17, 15) is 5.11 Å². The molecule has 0 saturated carbocycles. The first-order chi connectivity index (χ1) is 13.3. The van der Waals surface area contributed by atoms with Crippen LogP contribution in [0.5, 0.6) is 5.75 Å². The Labute approximate surface area is 184 Å². The Hall–Kier alpha value is -1.84. The monoisotopic (exact) mass is 499 g/mol. The fourth-order valence-corrected chi connectivity index (χ4v) is 2.53. The van der Waals surface area contributed by atoms with E-state index in [2.05, 4.69) is 15.6 Å². The number of rotatable bonds is 10. The molecule has 0 radical (unpaired) electrons. The lowest BCUT2D eigenvalue weighted by molar-refractivity contribution is 0.172. The minimum absolute atomic E-state index is 0. The highest BCUT2D eigenvalue weighted by Gasteiger charge is 2.03. The van der Waals surface area contributed by atoms with Gasteiger partial charge in [-0.2, -0.15) is 0 Å². The number of aliphatic hydroxyl groups is 1. The van der Waals surface area contributed by atoms with Gasteiger partial charge in [-0.15, -0.1) is 24.0 Å². The average molecular weight is 499 g/mol. The van der Waals surface area contributed by atoms with Crippen LogP contribution in [0.1, 0.15) is 24.5 Å². The van der Waals surface area contributed by atoms with Gasteiger partial charge in [-0.05, 0) is 30.2 Å². The number of benzene rings is 2. The molecule has 154 valence electrons. The third kappa shape index (κ3) is 8.45. The average Bonchev–Trinajstić information content (AvgIpc) is 2.70. The number of ether oxygens (including phenoxy) is 2. The Morgan fingerprint density at radius 3 is 2.57 bits per heavy atom. The molecule has 0 aliphatic heterocycles. The second-order valence-electron chi connectivity index (χ2n) is 5.97. The summed E-state index contributed by atoms with van der Waals surface area (Å²) in [6.45, 7) is 4.57. The molecule has 0 atom stereocenters. The molecule has 0 fully saturated rings. The van der Waals surface area contributed by atoms with Gasteiger partial charge >= 0.3 is 0 Å². The van der Waals surface area contributed by atoms with Crippen LogP contribution in [0.15, 0.2) is 53.5 Å². The number of aliphatic imine (C=N–C) groups is 1. The molecule has 3 N–H and O–H groups in total. The first kappa shape index (κ1) is 24.2. The molecule has 0 aromatic heterocycles. The van der Waals surface area contributed by atoms with Crippen LogP contribution in [0.3, 0.4) is 0 Å². The van der Waals surface area contributed by atoms with Gasteiger partial charge in [0.1, 0.15) is 5.75 Å². The van der Waals surface area contributed by atoms with Crippen molar-refractivity contribution in [2.24, 2.45) is 4.99 Å². The maximum atomic E-state index is 9.46. The molecule has 7 heteroatoms. The molecule has 0 aliphatic carbocycles. The lowest BCUT2D eigenvalue weighted by atomic mass is 10.1. The van der Waals surface area contributed by atoms with Crippen molar-refractivity contribution in [3.63, 3.8) is 0 Å². The van der Waals surface area contributed by atoms with Crippen molar-refractivity contribution in [2.45, 2.75) is 26.5 Å². The number of hydrogen-bond acceptors (Lipinski definition) is 4. The summed E-state index contributed by atoms with van der Waals surface area (Å²) < 4.78 is 10.8. The molecular formula is C21H30IN3O3.